The molecule has 8 heteroatoms. The maximum atomic E-state index is 14.0. The number of amides is 3. The SMILES string of the molecule is O=C(c1ccco1)N1CCN(C(=O)N2CCN(c3ccccc3F)CC2)CC1. The standard InChI is InChI=1S/C20H23FN4O3/c21-16-4-1-2-5-17(16)22-7-11-24(12-8-22)20(27)25-13-9-23(10-14-25)19(26)18-6-3-15-28-18/h1-6,15H,7-14H2. The van der Waals surface area contributed by atoms with E-state index in [0.29, 0.717) is 63.8 Å². The minimum absolute atomic E-state index is 0.0155. The molecule has 2 aromatic rings. The van der Waals surface area contributed by atoms with Crippen LogP contribution < -0.4 is 4.90 Å². The van der Waals surface area contributed by atoms with Gasteiger partial charge in [0, 0.05) is 52.4 Å². The Labute approximate surface area is 162 Å². The summed E-state index contributed by atoms with van der Waals surface area (Å²) in [6, 6.07) is 10.0. The number of piperazine rings is 2. The first kappa shape index (κ1) is 18.3. The highest BCUT2D eigenvalue weighted by Gasteiger charge is 2.30. The number of hydrogen-bond donors (Lipinski definition) is 0. The van der Waals surface area contributed by atoms with E-state index in [4.69, 9.17) is 4.42 Å². The number of rotatable bonds is 2. The fourth-order valence-corrected chi connectivity index (χ4v) is 3.70. The van der Waals surface area contributed by atoms with Crippen molar-refractivity contribution in [2.24, 2.45) is 0 Å². The van der Waals surface area contributed by atoms with Gasteiger partial charge in [-0.25, -0.2) is 9.18 Å². The number of anilines is 1. The average molecular weight is 386 g/mol. The molecule has 2 aliphatic heterocycles. The van der Waals surface area contributed by atoms with Gasteiger partial charge in [-0.2, -0.15) is 0 Å². The van der Waals surface area contributed by atoms with Crippen LogP contribution in [-0.4, -0.2) is 79.0 Å². The van der Waals surface area contributed by atoms with Crippen molar-refractivity contribution >= 4 is 17.6 Å². The number of benzene rings is 1. The van der Waals surface area contributed by atoms with Crippen LogP contribution in [0.2, 0.25) is 0 Å². The number of carbonyl (C=O) groups excluding carboxylic acids is 2. The largest absolute Gasteiger partial charge is 0.459 e. The van der Waals surface area contributed by atoms with Crippen LogP contribution >= 0.6 is 0 Å². The summed E-state index contributed by atoms with van der Waals surface area (Å²) in [6.07, 6.45) is 1.48. The Morgan fingerprint density at radius 2 is 1.39 bits per heavy atom. The summed E-state index contributed by atoms with van der Waals surface area (Å²) >= 11 is 0. The normalized spacial score (nSPS) is 17.8. The van der Waals surface area contributed by atoms with Gasteiger partial charge in [0.1, 0.15) is 5.82 Å². The van der Waals surface area contributed by atoms with Crippen LogP contribution in [0.15, 0.2) is 47.1 Å². The van der Waals surface area contributed by atoms with E-state index in [1.54, 1.807) is 39.0 Å². The lowest BCUT2D eigenvalue weighted by atomic mass is 10.2. The van der Waals surface area contributed by atoms with Gasteiger partial charge < -0.3 is 24.0 Å². The molecule has 28 heavy (non-hydrogen) atoms. The van der Waals surface area contributed by atoms with Crippen LogP contribution in [-0.2, 0) is 0 Å². The van der Waals surface area contributed by atoms with Crippen LogP contribution in [0.5, 0.6) is 0 Å². The predicted molar refractivity (Wildman–Crippen MR) is 102 cm³/mol. The van der Waals surface area contributed by atoms with E-state index in [2.05, 4.69) is 0 Å². The van der Waals surface area contributed by atoms with Crippen molar-refractivity contribution in [3.05, 3.63) is 54.2 Å². The van der Waals surface area contributed by atoms with Crippen molar-refractivity contribution in [2.45, 2.75) is 0 Å². The molecule has 0 aliphatic carbocycles. The van der Waals surface area contributed by atoms with Gasteiger partial charge in [-0.1, -0.05) is 12.1 Å². The van der Waals surface area contributed by atoms with Crippen molar-refractivity contribution in [3.63, 3.8) is 0 Å². The molecule has 2 aliphatic rings. The van der Waals surface area contributed by atoms with Gasteiger partial charge in [0.25, 0.3) is 5.91 Å². The minimum Gasteiger partial charge on any atom is -0.459 e. The van der Waals surface area contributed by atoms with Crippen LogP contribution in [0.4, 0.5) is 14.9 Å². The Morgan fingerprint density at radius 1 is 0.786 bits per heavy atom. The Balaban J connectivity index is 1.28. The fraction of sp³-hybridized carbons (Fsp3) is 0.400. The van der Waals surface area contributed by atoms with E-state index in [0.717, 1.165) is 0 Å². The molecular formula is C20H23FN4O3. The third kappa shape index (κ3) is 3.67. The molecule has 0 bridgehead atoms. The number of carbonyl (C=O) groups is 2. The number of urea groups is 1. The molecule has 0 atom stereocenters. The number of halogens is 1. The van der Waals surface area contributed by atoms with E-state index < -0.39 is 0 Å². The van der Waals surface area contributed by atoms with Crippen molar-refractivity contribution < 1.29 is 18.4 Å². The molecule has 0 saturated carbocycles. The van der Waals surface area contributed by atoms with Crippen LogP contribution in [0.1, 0.15) is 10.6 Å². The molecule has 0 spiro atoms. The molecule has 2 fully saturated rings. The zero-order chi connectivity index (χ0) is 19.5. The zero-order valence-electron chi connectivity index (χ0n) is 15.6. The van der Waals surface area contributed by atoms with Gasteiger partial charge in [0.15, 0.2) is 5.76 Å². The second kappa shape index (κ2) is 7.92. The summed E-state index contributed by atoms with van der Waals surface area (Å²) in [5.41, 5.74) is 0.583. The summed E-state index contributed by atoms with van der Waals surface area (Å²) in [5.74, 6) is -0.0562. The number of nitrogens with zero attached hydrogens (tertiary/aromatic N) is 4. The molecule has 1 aromatic heterocycles. The Hall–Kier alpha value is -3.03. The molecule has 7 nitrogen and oxygen atoms in total. The number of para-hydroxylation sites is 1. The highest BCUT2D eigenvalue weighted by atomic mass is 19.1. The van der Waals surface area contributed by atoms with Crippen molar-refractivity contribution in [1.82, 2.24) is 14.7 Å². The topological polar surface area (TPSA) is 60.2 Å². The predicted octanol–water partition coefficient (Wildman–Crippen LogP) is 2.12. The summed E-state index contributed by atoms with van der Waals surface area (Å²) in [4.78, 5) is 32.4. The first-order chi connectivity index (χ1) is 13.6. The average Bonchev–Trinajstić information content (AvgIpc) is 3.28. The number of hydrogen-bond acceptors (Lipinski definition) is 4. The van der Waals surface area contributed by atoms with E-state index >= 15 is 0 Å². The zero-order valence-corrected chi connectivity index (χ0v) is 15.6. The van der Waals surface area contributed by atoms with Gasteiger partial charge in [-0.3, -0.25) is 4.79 Å². The molecule has 3 amide bonds. The molecule has 0 radical (unpaired) electrons. The molecule has 3 heterocycles. The lowest BCUT2D eigenvalue weighted by molar-refractivity contribution is 0.0608. The van der Waals surface area contributed by atoms with Crippen LogP contribution in [0.25, 0.3) is 0 Å². The summed E-state index contributed by atoms with van der Waals surface area (Å²) < 4.78 is 19.1. The fourth-order valence-electron chi connectivity index (χ4n) is 3.70. The highest BCUT2D eigenvalue weighted by Crippen LogP contribution is 2.21. The van der Waals surface area contributed by atoms with Gasteiger partial charge >= 0.3 is 6.03 Å². The van der Waals surface area contributed by atoms with E-state index in [1.165, 1.54) is 12.3 Å². The van der Waals surface area contributed by atoms with Crippen LogP contribution in [0.3, 0.4) is 0 Å². The van der Waals surface area contributed by atoms with E-state index in [1.807, 2.05) is 11.0 Å². The van der Waals surface area contributed by atoms with Crippen molar-refractivity contribution in [3.8, 4) is 0 Å². The second-order valence-electron chi connectivity index (χ2n) is 6.96. The molecule has 2 saturated heterocycles. The number of furan rings is 1. The van der Waals surface area contributed by atoms with Crippen molar-refractivity contribution in [1.29, 1.82) is 0 Å². The molecule has 4 rings (SSSR count). The maximum Gasteiger partial charge on any atom is 0.320 e. The first-order valence-electron chi connectivity index (χ1n) is 9.49. The summed E-state index contributed by atoms with van der Waals surface area (Å²) in [7, 11) is 0. The van der Waals surface area contributed by atoms with Gasteiger partial charge in [0.05, 0.1) is 12.0 Å². The lowest BCUT2D eigenvalue weighted by Crippen LogP contribution is -2.57. The summed E-state index contributed by atoms with van der Waals surface area (Å²) in [6.45, 7) is 4.28. The smallest absolute Gasteiger partial charge is 0.320 e. The third-order valence-electron chi connectivity index (χ3n) is 5.31. The molecule has 1 aromatic carbocycles. The molecular weight excluding hydrogens is 363 g/mol. The highest BCUT2D eigenvalue weighted by molar-refractivity contribution is 5.91. The quantitative estimate of drug-likeness (QED) is 0.793. The minimum atomic E-state index is -0.236. The Bertz CT molecular complexity index is 826. The van der Waals surface area contributed by atoms with Crippen molar-refractivity contribution in [2.75, 3.05) is 57.3 Å². The van der Waals surface area contributed by atoms with Gasteiger partial charge in [-0.15, -0.1) is 0 Å². The second-order valence-corrected chi connectivity index (χ2v) is 6.96. The Kier molecular flexibility index (Phi) is 5.18. The van der Waals surface area contributed by atoms with Gasteiger partial charge in [-0.05, 0) is 24.3 Å². The van der Waals surface area contributed by atoms with Crippen LogP contribution in [0, 0.1) is 5.82 Å². The summed E-state index contributed by atoms with van der Waals surface area (Å²) in [5, 5.41) is 0. The van der Waals surface area contributed by atoms with E-state index in [9.17, 15) is 14.0 Å². The van der Waals surface area contributed by atoms with E-state index in [-0.39, 0.29) is 17.8 Å². The molecule has 148 valence electrons. The Morgan fingerprint density at radius 3 is 2.00 bits per heavy atom. The molecule has 0 N–H and O–H groups in total. The maximum absolute atomic E-state index is 14.0. The third-order valence-corrected chi connectivity index (χ3v) is 5.31. The lowest BCUT2D eigenvalue weighted by Gasteiger charge is -2.41. The monoisotopic (exact) mass is 386 g/mol. The first-order valence-corrected chi connectivity index (χ1v) is 9.49. The van der Waals surface area contributed by atoms with Gasteiger partial charge in [0.2, 0.25) is 0 Å². The molecule has 0 unspecified atom stereocenters.